The van der Waals surface area contributed by atoms with Crippen molar-refractivity contribution in [2.24, 2.45) is 5.10 Å². The minimum Gasteiger partial charge on any atom is -0.457 e. The molecular weight excluding hydrogens is 398 g/mol. The van der Waals surface area contributed by atoms with Crippen molar-refractivity contribution in [3.05, 3.63) is 83.3 Å². The number of anilines is 1. The molecule has 0 fully saturated rings. The van der Waals surface area contributed by atoms with E-state index in [0.29, 0.717) is 17.0 Å². The minimum atomic E-state index is -0.926. The molecule has 158 valence electrons. The molecular formula is C23H21N3O5. The Balaban J connectivity index is 1.68. The van der Waals surface area contributed by atoms with Gasteiger partial charge in [-0.1, -0.05) is 24.3 Å². The SMILES string of the molecule is CC(=NNC(=O)C(=O)Nc1cc(C)ccc1C)c1ccccc1OC(=O)c1ccco1. The zero-order valence-electron chi connectivity index (χ0n) is 17.3. The Morgan fingerprint density at radius 2 is 1.74 bits per heavy atom. The second kappa shape index (κ2) is 9.53. The van der Waals surface area contributed by atoms with Crippen LogP contribution in [0.2, 0.25) is 0 Å². The molecule has 8 nitrogen and oxygen atoms in total. The van der Waals surface area contributed by atoms with Crippen LogP contribution in [0.1, 0.15) is 34.2 Å². The Bertz CT molecular complexity index is 1150. The molecule has 2 aromatic carbocycles. The van der Waals surface area contributed by atoms with Gasteiger partial charge in [-0.15, -0.1) is 0 Å². The largest absolute Gasteiger partial charge is 0.457 e. The van der Waals surface area contributed by atoms with Crippen molar-refractivity contribution in [1.82, 2.24) is 5.43 Å². The first-order valence-corrected chi connectivity index (χ1v) is 9.43. The molecule has 0 radical (unpaired) electrons. The molecule has 0 spiro atoms. The fourth-order valence-corrected chi connectivity index (χ4v) is 2.69. The molecule has 2 N–H and O–H groups in total. The average molecular weight is 419 g/mol. The molecule has 31 heavy (non-hydrogen) atoms. The normalized spacial score (nSPS) is 11.0. The van der Waals surface area contributed by atoms with Gasteiger partial charge in [0.1, 0.15) is 5.75 Å². The van der Waals surface area contributed by atoms with Gasteiger partial charge < -0.3 is 14.5 Å². The first-order chi connectivity index (χ1) is 14.8. The molecule has 0 saturated heterocycles. The number of benzene rings is 2. The van der Waals surface area contributed by atoms with Crippen molar-refractivity contribution in [3.63, 3.8) is 0 Å². The highest BCUT2D eigenvalue weighted by Crippen LogP contribution is 2.20. The molecule has 0 bridgehead atoms. The summed E-state index contributed by atoms with van der Waals surface area (Å²) < 4.78 is 10.4. The fraction of sp³-hybridized carbons (Fsp3) is 0.130. The van der Waals surface area contributed by atoms with E-state index in [1.807, 2.05) is 26.0 Å². The maximum Gasteiger partial charge on any atom is 0.379 e. The maximum absolute atomic E-state index is 12.2. The molecule has 8 heteroatoms. The second-order valence-electron chi connectivity index (χ2n) is 6.77. The van der Waals surface area contributed by atoms with E-state index in [2.05, 4.69) is 15.8 Å². The molecule has 0 aliphatic carbocycles. The van der Waals surface area contributed by atoms with Crippen molar-refractivity contribution in [2.45, 2.75) is 20.8 Å². The van der Waals surface area contributed by atoms with Crippen molar-refractivity contribution >= 4 is 29.2 Å². The van der Waals surface area contributed by atoms with Crippen molar-refractivity contribution in [2.75, 3.05) is 5.32 Å². The minimum absolute atomic E-state index is 0.0563. The van der Waals surface area contributed by atoms with E-state index < -0.39 is 17.8 Å². The Morgan fingerprint density at radius 3 is 2.48 bits per heavy atom. The number of hydrazone groups is 1. The quantitative estimate of drug-likeness (QED) is 0.216. The average Bonchev–Trinajstić information content (AvgIpc) is 3.30. The molecule has 0 aliphatic rings. The van der Waals surface area contributed by atoms with Gasteiger partial charge in [-0.2, -0.15) is 5.10 Å². The van der Waals surface area contributed by atoms with E-state index in [1.54, 1.807) is 43.3 Å². The second-order valence-corrected chi connectivity index (χ2v) is 6.77. The number of hydrogen-bond acceptors (Lipinski definition) is 6. The lowest BCUT2D eigenvalue weighted by atomic mass is 10.1. The number of rotatable bonds is 5. The van der Waals surface area contributed by atoms with Gasteiger partial charge in [-0.25, -0.2) is 10.2 Å². The first-order valence-electron chi connectivity index (χ1n) is 9.43. The van der Waals surface area contributed by atoms with Gasteiger partial charge in [0.05, 0.1) is 12.0 Å². The number of nitrogens with zero attached hydrogens (tertiary/aromatic N) is 1. The van der Waals surface area contributed by atoms with Crippen LogP contribution in [0.4, 0.5) is 5.69 Å². The highest BCUT2D eigenvalue weighted by atomic mass is 16.5. The fourth-order valence-electron chi connectivity index (χ4n) is 2.69. The summed E-state index contributed by atoms with van der Waals surface area (Å²) >= 11 is 0. The summed E-state index contributed by atoms with van der Waals surface area (Å²) in [6.45, 7) is 5.33. The number of furan rings is 1. The van der Waals surface area contributed by atoms with Crippen molar-refractivity contribution < 1.29 is 23.5 Å². The highest BCUT2D eigenvalue weighted by Gasteiger charge is 2.17. The molecule has 2 amide bonds. The van der Waals surface area contributed by atoms with Crippen LogP contribution in [0.15, 0.2) is 70.4 Å². The number of amides is 2. The molecule has 3 rings (SSSR count). The Hall–Kier alpha value is -4.20. The smallest absolute Gasteiger partial charge is 0.379 e. The zero-order valence-corrected chi connectivity index (χ0v) is 17.3. The van der Waals surface area contributed by atoms with Crippen LogP contribution in [-0.4, -0.2) is 23.5 Å². The van der Waals surface area contributed by atoms with Gasteiger partial charge in [0, 0.05) is 11.3 Å². The standard InChI is InChI=1S/C23H21N3O5/c1-14-10-11-15(2)18(13-14)24-21(27)22(28)26-25-16(3)17-7-4-5-8-19(17)31-23(29)20-9-6-12-30-20/h4-13H,1-3H3,(H,24,27)(H,26,28). The molecule has 1 heterocycles. The predicted molar refractivity (Wildman–Crippen MR) is 115 cm³/mol. The summed E-state index contributed by atoms with van der Waals surface area (Å²) in [5.74, 6) is -2.14. The van der Waals surface area contributed by atoms with Gasteiger partial charge in [0.15, 0.2) is 0 Å². The van der Waals surface area contributed by atoms with Gasteiger partial charge in [0.25, 0.3) is 0 Å². The monoisotopic (exact) mass is 419 g/mol. The van der Waals surface area contributed by atoms with E-state index in [-0.39, 0.29) is 11.5 Å². The zero-order chi connectivity index (χ0) is 22.4. The van der Waals surface area contributed by atoms with Crippen LogP contribution >= 0.6 is 0 Å². The number of para-hydroxylation sites is 1. The molecule has 1 aromatic heterocycles. The number of aryl methyl sites for hydroxylation is 2. The Labute approximate surface area is 178 Å². The van der Waals surface area contributed by atoms with Gasteiger partial charge in [-0.3, -0.25) is 9.59 Å². The summed E-state index contributed by atoms with van der Waals surface area (Å²) in [6, 6.07) is 15.3. The molecule has 3 aromatic rings. The van der Waals surface area contributed by atoms with E-state index in [4.69, 9.17) is 9.15 Å². The number of carbonyl (C=O) groups is 3. The Morgan fingerprint density at radius 1 is 0.968 bits per heavy atom. The molecule has 0 unspecified atom stereocenters. The van der Waals surface area contributed by atoms with Crippen LogP contribution in [0.25, 0.3) is 0 Å². The first kappa shape index (κ1) is 21.5. The van der Waals surface area contributed by atoms with Gasteiger partial charge >= 0.3 is 17.8 Å². The number of nitrogens with one attached hydrogen (secondary N) is 2. The summed E-state index contributed by atoms with van der Waals surface area (Å²) in [7, 11) is 0. The Kier molecular flexibility index (Phi) is 6.61. The van der Waals surface area contributed by atoms with Crippen molar-refractivity contribution in [3.8, 4) is 5.75 Å². The van der Waals surface area contributed by atoms with Gasteiger partial charge in [-0.05, 0) is 62.2 Å². The number of ether oxygens (including phenoxy) is 1. The lowest BCUT2D eigenvalue weighted by Crippen LogP contribution is -2.33. The van der Waals surface area contributed by atoms with Gasteiger partial charge in [0.2, 0.25) is 5.76 Å². The van der Waals surface area contributed by atoms with Crippen LogP contribution in [-0.2, 0) is 9.59 Å². The lowest BCUT2D eigenvalue weighted by Gasteiger charge is -2.10. The summed E-state index contributed by atoms with van der Waals surface area (Å²) in [5, 5.41) is 6.54. The number of esters is 1. The molecule has 0 atom stereocenters. The third-order valence-corrected chi connectivity index (χ3v) is 4.37. The third kappa shape index (κ3) is 5.45. The van der Waals surface area contributed by atoms with Crippen LogP contribution in [0, 0.1) is 13.8 Å². The highest BCUT2D eigenvalue weighted by molar-refractivity contribution is 6.39. The van der Waals surface area contributed by atoms with E-state index in [0.717, 1.165) is 11.1 Å². The van der Waals surface area contributed by atoms with Crippen LogP contribution in [0.5, 0.6) is 5.75 Å². The maximum atomic E-state index is 12.2. The van der Waals surface area contributed by atoms with Crippen LogP contribution in [0.3, 0.4) is 0 Å². The van der Waals surface area contributed by atoms with Crippen molar-refractivity contribution in [1.29, 1.82) is 0 Å². The summed E-state index contributed by atoms with van der Waals surface area (Å²) in [6.07, 6.45) is 1.37. The number of carbonyl (C=O) groups excluding carboxylic acids is 3. The topological polar surface area (TPSA) is 110 Å². The predicted octanol–water partition coefficient (Wildman–Crippen LogP) is 3.59. The summed E-state index contributed by atoms with van der Waals surface area (Å²) in [5.41, 5.74) is 5.37. The van der Waals surface area contributed by atoms with E-state index in [9.17, 15) is 14.4 Å². The van der Waals surface area contributed by atoms with E-state index in [1.165, 1.54) is 12.3 Å². The third-order valence-electron chi connectivity index (χ3n) is 4.37. The van der Waals surface area contributed by atoms with E-state index >= 15 is 0 Å². The molecule has 0 aliphatic heterocycles. The van der Waals surface area contributed by atoms with Crippen LogP contribution < -0.4 is 15.5 Å². The summed E-state index contributed by atoms with van der Waals surface area (Å²) in [4.78, 5) is 36.5. The lowest BCUT2D eigenvalue weighted by molar-refractivity contribution is -0.136. The number of hydrogen-bond donors (Lipinski definition) is 2. The molecule has 0 saturated carbocycles.